The zero-order valence-electron chi connectivity index (χ0n) is 18.0. The number of thiophene rings is 1. The van der Waals surface area contributed by atoms with Crippen molar-refractivity contribution in [3.05, 3.63) is 76.0 Å². The van der Waals surface area contributed by atoms with Crippen LogP contribution in [-0.2, 0) is 17.8 Å². The molecule has 9 heteroatoms. The predicted octanol–water partition coefficient (Wildman–Crippen LogP) is 4.19. The van der Waals surface area contributed by atoms with Crippen molar-refractivity contribution in [2.24, 2.45) is 0 Å². The van der Waals surface area contributed by atoms with Gasteiger partial charge in [0.15, 0.2) is 0 Å². The number of carbonyl (C=O) groups is 1. The van der Waals surface area contributed by atoms with E-state index in [-0.39, 0.29) is 18.3 Å². The number of halogens is 1. The number of hydrogen-bond donors (Lipinski definition) is 2. The van der Waals surface area contributed by atoms with Gasteiger partial charge in [0.25, 0.3) is 5.91 Å². The molecule has 2 heterocycles. The summed E-state index contributed by atoms with van der Waals surface area (Å²) in [4.78, 5) is 13.3. The van der Waals surface area contributed by atoms with Gasteiger partial charge in [-0.3, -0.25) is 4.79 Å². The van der Waals surface area contributed by atoms with Gasteiger partial charge in [0.1, 0.15) is 23.3 Å². The smallest absolute Gasteiger partial charge is 0.261 e. The number of carbonyl (C=O) groups excluding carboxylic acids is 1. The molecule has 0 bridgehead atoms. The number of amides is 1. The number of nitrogens with zero attached hydrogens (tertiary/aromatic N) is 3. The zero-order valence-corrected chi connectivity index (χ0v) is 18.8. The predicted molar refractivity (Wildman–Crippen MR) is 126 cm³/mol. The molecule has 0 aliphatic heterocycles. The number of anilines is 1. The second-order valence-corrected chi connectivity index (χ2v) is 8.43. The highest BCUT2D eigenvalue weighted by molar-refractivity contribution is 7.21. The van der Waals surface area contributed by atoms with Crippen LogP contribution in [0.2, 0.25) is 0 Å². The molecule has 7 nitrogen and oxygen atoms in total. The fourth-order valence-electron chi connectivity index (χ4n) is 3.71. The first-order valence-corrected chi connectivity index (χ1v) is 11.2. The van der Waals surface area contributed by atoms with Gasteiger partial charge in [-0.15, -0.1) is 11.3 Å². The molecule has 0 aliphatic carbocycles. The standard InChI is InChI=1S/C24H22FN5O2S/c1-32-14-17-21-18(25)9-5-11-20(21)33-22(17)24(31)28-12-6-10-19-16(13-26)23(27)30(29-19)15-7-3-2-4-8-15/h2-5,7-9,11H,6,10,12,14,27H2,1H3,(H,28,31). The Morgan fingerprint density at radius 2 is 2.06 bits per heavy atom. The van der Waals surface area contributed by atoms with Crippen molar-refractivity contribution in [1.82, 2.24) is 15.1 Å². The Bertz CT molecular complexity index is 1340. The number of hydrogen-bond acceptors (Lipinski definition) is 6. The van der Waals surface area contributed by atoms with Crippen LogP contribution in [0.5, 0.6) is 0 Å². The summed E-state index contributed by atoms with van der Waals surface area (Å²) in [5.74, 6) is -0.359. The summed E-state index contributed by atoms with van der Waals surface area (Å²) >= 11 is 1.24. The molecule has 0 aliphatic rings. The fraction of sp³-hybridized carbons (Fsp3) is 0.208. The third-order valence-electron chi connectivity index (χ3n) is 5.24. The maximum atomic E-state index is 14.3. The van der Waals surface area contributed by atoms with Gasteiger partial charge in [-0.2, -0.15) is 10.4 Å². The molecule has 2 aromatic heterocycles. The third-order valence-corrected chi connectivity index (χ3v) is 6.44. The third kappa shape index (κ3) is 4.44. The Morgan fingerprint density at radius 3 is 2.79 bits per heavy atom. The normalized spacial score (nSPS) is 10.9. The quantitative estimate of drug-likeness (QED) is 0.381. The molecule has 0 radical (unpaired) electrons. The second-order valence-electron chi connectivity index (χ2n) is 7.38. The summed E-state index contributed by atoms with van der Waals surface area (Å²) in [6, 6.07) is 16.3. The topological polar surface area (TPSA) is 106 Å². The maximum Gasteiger partial charge on any atom is 0.261 e. The van der Waals surface area contributed by atoms with Gasteiger partial charge in [-0.25, -0.2) is 9.07 Å². The number of ether oxygens (including phenoxy) is 1. The average molecular weight is 464 g/mol. The summed E-state index contributed by atoms with van der Waals surface area (Å²) in [5, 5.41) is 17.3. The van der Waals surface area contributed by atoms with Crippen molar-refractivity contribution < 1.29 is 13.9 Å². The number of para-hydroxylation sites is 1. The molecule has 0 unspecified atom stereocenters. The van der Waals surface area contributed by atoms with Crippen LogP contribution in [0.1, 0.15) is 32.9 Å². The minimum Gasteiger partial charge on any atom is -0.382 e. The maximum absolute atomic E-state index is 14.3. The Morgan fingerprint density at radius 1 is 1.27 bits per heavy atom. The van der Waals surface area contributed by atoms with E-state index < -0.39 is 0 Å². The number of aromatic nitrogens is 2. The number of nitrogens with one attached hydrogen (secondary N) is 1. The van der Waals surface area contributed by atoms with Crippen LogP contribution in [0.25, 0.3) is 15.8 Å². The number of nitrogens with two attached hydrogens (primary N) is 1. The molecule has 0 saturated carbocycles. The first-order valence-electron chi connectivity index (χ1n) is 10.3. The Kier molecular flexibility index (Phi) is 6.68. The second kappa shape index (κ2) is 9.81. The number of rotatable bonds is 8. The Hall–Kier alpha value is -3.74. The molecular weight excluding hydrogens is 441 g/mol. The molecule has 4 rings (SSSR count). The van der Waals surface area contributed by atoms with Gasteiger partial charge in [0.2, 0.25) is 0 Å². The van der Waals surface area contributed by atoms with Crippen LogP contribution in [-0.4, -0.2) is 29.3 Å². The van der Waals surface area contributed by atoms with E-state index in [2.05, 4.69) is 16.5 Å². The molecule has 0 saturated heterocycles. The highest BCUT2D eigenvalue weighted by Gasteiger charge is 2.21. The molecule has 33 heavy (non-hydrogen) atoms. The molecule has 1 amide bonds. The molecule has 0 atom stereocenters. The molecule has 168 valence electrons. The van der Waals surface area contributed by atoms with Crippen LogP contribution >= 0.6 is 11.3 Å². The van der Waals surface area contributed by atoms with Gasteiger partial charge in [0.05, 0.1) is 22.9 Å². The van der Waals surface area contributed by atoms with Crippen LogP contribution in [0.3, 0.4) is 0 Å². The highest BCUT2D eigenvalue weighted by atomic mass is 32.1. The van der Waals surface area contributed by atoms with E-state index >= 15 is 0 Å². The van der Waals surface area contributed by atoms with Gasteiger partial charge in [-0.1, -0.05) is 24.3 Å². The number of benzene rings is 2. The van der Waals surface area contributed by atoms with Gasteiger partial charge < -0.3 is 15.8 Å². The Balaban J connectivity index is 1.45. The lowest BCUT2D eigenvalue weighted by Gasteiger charge is -2.06. The van der Waals surface area contributed by atoms with E-state index in [1.54, 1.807) is 16.8 Å². The van der Waals surface area contributed by atoms with Gasteiger partial charge in [0, 0.05) is 29.3 Å². The van der Waals surface area contributed by atoms with Gasteiger partial charge >= 0.3 is 0 Å². The highest BCUT2D eigenvalue weighted by Crippen LogP contribution is 2.33. The van der Waals surface area contributed by atoms with Crippen molar-refractivity contribution in [3.63, 3.8) is 0 Å². The molecule has 3 N–H and O–H groups in total. The Labute approximate surface area is 194 Å². The minimum absolute atomic E-state index is 0.144. The number of methoxy groups -OCH3 is 1. The number of nitriles is 1. The summed E-state index contributed by atoms with van der Waals surface area (Å²) < 4.78 is 21.8. The van der Waals surface area contributed by atoms with Crippen molar-refractivity contribution in [1.29, 1.82) is 5.26 Å². The number of aryl methyl sites for hydroxylation is 1. The molecule has 0 spiro atoms. The van der Waals surface area contributed by atoms with E-state index in [1.165, 1.54) is 24.5 Å². The monoisotopic (exact) mass is 463 g/mol. The summed E-state index contributed by atoms with van der Waals surface area (Å²) in [6.45, 7) is 0.510. The van der Waals surface area contributed by atoms with E-state index in [1.807, 2.05) is 30.3 Å². The van der Waals surface area contributed by atoms with E-state index in [0.29, 0.717) is 57.0 Å². The van der Waals surface area contributed by atoms with E-state index in [4.69, 9.17) is 10.5 Å². The van der Waals surface area contributed by atoms with Crippen LogP contribution < -0.4 is 11.1 Å². The SMILES string of the molecule is COCc1c(C(=O)NCCCc2nn(-c3ccccc3)c(N)c2C#N)sc2cccc(F)c12. The summed E-state index contributed by atoms with van der Waals surface area (Å²) in [5.41, 5.74) is 8.38. The first-order chi connectivity index (χ1) is 16.0. The van der Waals surface area contributed by atoms with E-state index in [0.717, 1.165) is 5.69 Å². The number of nitrogen functional groups attached to an aromatic ring is 1. The van der Waals surface area contributed by atoms with Crippen LogP contribution in [0.15, 0.2) is 48.5 Å². The fourth-order valence-corrected chi connectivity index (χ4v) is 4.85. The largest absolute Gasteiger partial charge is 0.382 e. The lowest BCUT2D eigenvalue weighted by Crippen LogP contribution is -2.25. The summed E-state index contributed by atoms with van der Waals surface area (Å²) in [7, 11) is 1.51. The van der Waals surface area contributed by atoms with Crippen molar-refractivity contribution >= 4 is 33.1 Å². The molecule has 2 aromatic carbocycles. The first kappa shape index (κ1) is 22.5. The van der Waals surface area contributed by atoms with E-state index in [9.17, 15) is 14.4 Å². The average Bonchev–Trinajstić information content (AvgIpc) is 3.35. The summed E-state index contributed by atoms with van der Waals surface area (Å²) in [6.07, 6.45) is 1.03. The lowest BCUT2D eigenvalue weighted by atomic mass is 10.1. The van der Waals surface area contributed by atoms with Crippen molar-refractivity contribution in [2.75, 3.05) is 19.4 Å². The number of fused-ring (bicyclic) bond motifs is 1. The zero-order chi connectivity index (χ0) is 23.4. The van der Waals surface area contributed by atoms with Crippen LogP contribution in [0, 0.1) is 17.1 Å². The van der Waals surface area contributed by atoms with Gasteiger partial charge in [-0.05, 0) is 37.1 Å². The molecular formula is C24H22FN5O2S. The van der Waals surface area contributed by atoms with Crippen molar-refractivity contribution in [3.8, 4) is 11.8 Å². The van der Waals surface area contributed by atoms with Crippen molar-refractivity contribution in [2.45, 2.75) is 19.4 Å². The molecule has 0 fully saturated rings. The van der Waals surface area contributed by atoms with Crippen LogP contribution in [0.4, 0.5) is 10.2 Å². The molecule has 4 aromatic rings. The lowest BCUT2D eigenvalue weighted by molar-refractivity contribution is 0.0953. The minimum atomic E-state index is -0.370.